The van der Waals surface area contributed by atoms with Gasteiger partial charge in [-0.3, -0.25) is 0 Å². The number of halogens is 5. The SMILES string of the molecule is O=S(=O)(NC1CC(O)C1)c1cc(C(O)Nc2cc(F)c(F)c(F)c2)c(Cl)cc1F. The molecule has 158 valence electrons. The van der Waals surface area contributed by atoms with Gasteiger partial charge in [0, 0.05) is 29.4 Å². The van der Waals surface area contributed by atoms with Crippen LogP contribution in [-0.4, -0.2) is 30.8 Å². The molecule has 1 aliphatic rings. The molecule has 0 amide bonds. The van der Waals surface area contributed by atoms with E-state index in [0.717, 1.165) is 6.07 Å². The van der Waals surface area contributed by atoms with Crippen molar-refractivity contribution in [2.75, 3.05) is 5.32 Å². The highest BCUT2D eigenvalue weighted by Crippen LogP contribution is 2.31. The van der Waals surface area contributed by atoms with E-state index >= 15 is 0 Å². The molecule has 0 radical (unpaired) electrons. The Balaban J connectivity index is 1.88. The van der Waals surface area contributed by atoms with Crippen LogP contribution in [0.1, 0.15) is 24.6 Å². The van der Waals surface area contributed by atoms with Crippen molar-refractivity contribution in [3.05, 3.63) is 58.1 Å². The molecule has 6 nitrogen and oxygen atoms in total. The fourth-order valence-corrected chi connectivity index (χ4v) is 4.41. The molecule has 0 saturated heterocycles. The third kappa shape index (κ3) is 4.64. The van der Waals surface area contributed by atoms with E-state index in [4.69, 9.17) is 11.6 Å². The lowest BCUT2D eigenvalue weighted by Gasteiger charge is -2.31. The van der Waals surface area contributed by atoms with Crippen molar-refractivity contribution in [2.45, 2.75) is 36.1 Å². The number of nitrogens with one attached hydrogen (secondary N) is 2. The molecule has 0 heterocycles. The molecule has 2 aromatic carbocycles. The standard InChI is InChI=1S/C17H15ClF4N2O4S/c18-11-6-12(19)15(29(27,28)24-8-1-9(25)2-8)5-10(11)17(26)23-7-3-13(20)16(22)14(21)4-7/h3-6,8-9,17,23-26H,1-2H2. The maximum absolute atomic E-state index is 14.2. The fraction of sp³-hybridized carbons (Fsp3) is 0.294. The summed E-state index contributed by atoms with van der Waals surface area (Å²) in [5.41, 5.74) is -0.660. The highest BCUT2D eigenvalue weighted by atomic mass is 35.5. The van der Waals surface area contributed by atoms with Crippen molar-refractivity contribution in [3.63, 3.8) is 0 Å². The molecule has 2 aromatic rings. The number of hydrogen-bond acceptors (Lipinski definition) is 5. The zero-order chi connectivity index (χ0) is 21.5. The van der Waals surface area contributed by atoms with Gasteiger partial charge in [0.25, 0.3) is 0 Å². The molecule has 1 unspecified atom stereocenters. The molecule has 29 heavy (non-hydrogen) atoms. The normalized spacial score (nSPS) is 20.2. The Kier molecular flexibility index (Phi) is 6.06. The lowest BCUT2D eigenvalue weighted by atomic mass is 9.91. The lowest BCUT2D eigenvalue weighted by Crippen LogP contribution is -2.46. The second-order valence-corrected chi connectivity index (χ2v) is 8.64. The molecular weight excluding hydrogens is 440 g/mol. The average Bonchev–Trinajstić information content (AvgIpc) is 2.57. The molecule has 1 atom stereocenters. The summed E-state index contributed by atoms with van der Waals surface area (Å²) in [6, 6.07) is 2.00. The van der Waals surface area contributed by atoms with Gasteiger partial charge in [-0.2, -0.15) is 0 Å². The number of rotatable bonds is 6. The Morgan fingerprint density at radius 1 is 1.03 bits per heavy atom. The van der Waals surface area contributed by atoms with E-state index in [1.54, 1.807) is 0 Å². The van der Waals surface area contributed by atoms with E-state index in [-0.39, 0.29) is 29.1 Å². The number of hydrogen-bond donors (Lipinski definition) is 4. The second kappa shape index (κ2) is 8.07. The van der Waals surface area contributed by atoms with Crippen molar-refractivity contribution >= 4 is 27.3 Å². The van der Waals surface area contributed by atoms with E-state index in [2.05, 4.69) is 10.0 Å². The van der Waals surface area contributed by atoms with Crippen LogP contribution in [0.2, 0.25) is 5.02 Å². The number of anilines is 1. The topological polar surface area (TPSA) is 98.7 Å². The molecule has 1 aliphatic carbocycles. The Labute approximate surface area is 168 Å². The number of benzene rings is 2. The largest absolute Gasteiger partial charge is 0.393 e. The van der Waals surface area contributed by atoms with Gasteiger partial charge in [-0.15, -0.1) is 0 Å². The van der Waals surface area contributed by atoms with Crippen LogP contribution in [0, 0.1) is 23.3 Å². The first kappa shape index (κ1) is 21.8. The van der Waals surface area contributed by atoms with Crippen molar-refractivity contribution in [1.82, 2.24) is 4.72 Å². The van der Waals surface area contributed by atoms with Crippen molar-refractivity contribution in [3.8, 4) is 0 Å². The molecule has 0 aromatic heterocycles. The quantitative estimate of drug-likeness (QED) is 0.306. The zero-order valence-electron chi connectivity index (χ0n) is 14.5. The Hall–Kier alpha value is -1.92. The minimum atomic E-state index is -4.34. The van der Waals surface area contributed by atoms with Gasteiger partial charge in [-0.25, -0.2) is 30.7 Å². The van der Waals surface area contributed by atoms with Crippen LogP contribution in [0.3, 0.4) is 0 Å². The van der Waals surface area contributed by atoms with Gasteiger partial charge >= 0.3 is 0 Å². The zero-order valence-corrected chi connectivity index (χ0v) is 16.0. The summed E-state index contributed by atoms with van der Waals surface area (Å²) in [7, 11) is -4.34. The van der Waals surface area contributed by atoms with E-state index in [1.165, 1.54) is 0 Å². The van der Waals surface area contributed by atoms with Crippen LogP contribution in [0.4, 0.5) is 23.2 Å². The molecule has 3 rings (SSSR count). The number of sulfonamides is 1. The van der Waals surface area contributed by atoms with Crippen LogP contribution < -0.4 is 10.0 Å². The van der Waals surface area contributed by atoms with Gasteiger partial charge in [-0.1, -0.05) is 11.6 Å². The van der Waals surface area contributed by atoms with Crippen LogP contribution in [0.25, 0.3) is 0 Å². The molecule has 12 heteroatoms. The summed E-state index contributed by atoms with van der Waals surface area (Å²) in [6.07, 6.45) is -2.09. The van der Waals surface area contributed by atoms with Crippen LogP contribution in [0.15, 0.2) is 29.2 Å². The summed E-state index contributed by atoms with van der Waals surface area (Å²) >= 11 is 5.87. The molecular formula is C17H15ClF4N2O4S. The first-order chi connectivity index (χ1) is 13.5. The van der Waals surface area contributed by atoms with Crippen LogP contribution >= 0.6 is 11.6 Å². The van der Waals surface area contributed by atoms with Gasteiger partial charge in [-0.05, 0) is 25.0 Å². The smallest absolute Gasteiger partial charge is 0.243 e. The van der Waals surface area contributed by atoms with E-state index < -0.39 is 56.6 Å². The predicted octanol–water partition coefficient (Wildman–Crippen LogP) is 2.80. The van der Waals surface area contributed by atoms with E-state index in [1.807, 2.05) is 0 Å². The molecule has 0 spiro atoms. The van der Waals surface area contributed by atoms with E-state index in [0.29, 0.717) is 18.2 Å². The Morgan fingerprint density at radius 2 is 1.62 bits per heavy atom. The highest BCUT2D eigenvalue weighted by Gasteiger charge is 2.33. The summed E-state index contributed by atoms with van der Waals surface area (Å²) in [4.78, 5) is -0.810. The Morgan fingerprint density at radius 3 is 2.17 bits per heavy atom. The van der Waals surface area contributed by atoms with E-state index in [9.17, 15) is 36.2 Å². The average molecular weight is 455 g/mol. The first-order valence-corrected chi connectivity index (χ1v) is 10.1. The fourth-order valence-electron chi connectivity index (χ4n) is 2.80. The van der Waals surface area contributed by atoms with Crippen molar-refractivity contribution < 1.29 is 36.2 Å². The van der Waals surface area contributed by atoms with Gasteiger partial charge < -0.3 is 15.5 Å². The lowest BCUT2D eigenvalue weighted by molar-refractivity contribution is 0.0712. The number of aliphatic hydroxyl groups is 2. The van der Waals surface area contributed by atoms with Gasteiger partial charge in [0.05, 0.1) is 11.1 Å². The molecule has 1 saturated carbocycles. The minimum Gasteiger partial charge on any atom is -0.393 e. The maximum atomic E-state index is 14.2. The highest BCUT2D eigenvalue weighted by molar-refractivity contribution is 7.89. The summed E-state index contributed by atoms with van der Waals surface area (Å²) < 4.78 is 80.9. The van der Waals surface area contributed by atoms with Crippen molar-refractivity contribution in [2.24, 2.45) is 0 Å². The molecule has 1 fully saturated rings. The summed E-state index contributed by atoms with van der Waals surface area (Å²) in [5, 5.41) is 21.4. The van der Waals surface area contributed by atoms with Gasteiger partial charge in [0.15, 0.2) is 23.7 Å². The predicted molar refractivity (Wildman–Crippen MR) is 95.7 cm³/mol. The minimum absolute atomic E-state index is 0.174. The summed E-state index contributed by atoms with van der Waals surface area (Å²) in [5.74, 6) is -5.91. The van der Waals surface area contributed by atoms with Gasteiger partial charge in [0.1, 0.15) is 10.7 Å². The monoisotopic (exact) mass is 454 g/mol. The first-order valence-electron chi connectivity index (χ1n) is 8.26. The summed E-state index contributed by atoms with van der Waals surface area (Å²) in [6.45, 7) is 0. The maximum Gasteiger partial charge on any atom is 0.243 e. The molecule has 0 aliphatic heterocycles. The van der Waals surface area contributed by atoms with Crippen molar-refractivity contribution in [1.29, 1.82) is 0 Å². The van der Waals surface area contributed by atoms with Gasteiger partial charge in [0.2, 0.25) is 10.0 Å². The third-order valence-electron chi connectivity index (χ3n) is 4.36. The molecule has 0 bridgehead atoms. The second-order valence-electron chi connectivity index (χ2n) is 6.55. The molecule has 4 N–H and O–H groups in total. The Bertz CT molecular complexity index is 1020. The number of aliphatic hydroxyl groups excluding tert-OH is 2. The van der Waals surface area contributed by atoms with Crippen LogP contribution in [-0.2, 0) is 10.0 Å². The third-order valence-corrected chi connectivity index (χ3v) is 6.22. The van der Waals surface area contributed by atoms with Crippen LogP contribution in [0.5, 0.6) is 0 Å².